The summed E-state index contributed by atoms with van der Waals surface area (Å²) in [5.41, 5.74) is 0.823. The molecular weight excluding hydrogens is 324 g/mol. The number of urea groups is 1. The third-order valence-electron chi connectivity index (χ3n) is 3.86. The lowest BCUT2D eigenvalue weighted by Gasteiger charge is -2.24. The van der Waals surface area contributed by atoms with Crippen molar-refractivity contribution in [2.75, 3.05) is 20.7 Å². The summed E-state index contributed by atoms with van der Waals surface area (Å²) >= 11 is 0. The normalized spacial score (nSPS) is 12.9. The molecule has 0 saturated carbocycles. The highest BCUT2D eigenvalue weighted by atomic mass is 16.5. The molecule has 0 aliphatic carbocycles. The van der Waals surface area contributed by atoms with Gasteiger partial charge in [-0.3, -0.25) is 4.79 Å². The Balaban J connectivity index is 2.16. The van der Waals surface area contributed by atoms with Crippen molar-refractivity contribution >= 4 is 12.0 Å². The van der Waals surface area contributed by atoms with Crippen LogP contribution in [-0.2, 0) is 4.79 Å². The summed E-state index contributed by atoms with van der Waals surface area (Å²) < 4.78 is 10.6. The van der Waals surface area contributed by atoms with Crippen molar-refractivity contribution < 1.29 is 23.8 Å². The van der Waals surface area contributed by atoms with Gasteiger partial charge in [-0.1, -0.05) is 19.1 Å². The number of ether oxygens (including phenoxy) is 1. The summed E-state index contributed by atoms with van der Waals surface area (Å²) in [6, 6.07) is 9.92. The summed E-state index contributed by atoms with van der Waals surface area (Å²) in [5, 5.41) is 11.9. The Kier molecular flexibility index (Phi) is 6.05. The van der Waals surface area contributed by atoms with Crippen molar-refractivity contribution in [1.29, 1.82) is 0 Å². The highest BCUT2D eigenvalue weighted by molar-refractivity contribution is 5.76. The summed E-state index contributed by atoms with van der Waals surface area (Å²) in [5.74, 6) is -0.310. The number of hydrogen-bond donors (Lipinski definition) is 2. The van der Waals surface area contributed by atoms with Gasteiger partial charge in [-0.05, 0) is 29.8 Å². The fourth-order valence-electron chi connectivity index (χ4n) is 2.38. The average Bonchev–Trinajstić information content (AvgIpc) is 3.13. The average molecular weight is 346 g/mol. The van der Waals surface area contributed by atoms with Gasteiger partial charge >= 0.3 is 12.0 Å². The van der Waals surface area contributed by atoms with Crippen LogP contribution >= 0.6 is 0 Å². The van der Waals surface area contributed by atoms with Crippen LogP contribution in [0.25, 0.3) is 0 Å². The standard InChI is InChI=1S/C18H22N2O5/c1-12(17(21)22)11-20(2)18(23)19-16(15-5-4-10-25-15)13-6-8-14(24-3)9-7-13/h4-10,12,16H,11H2,1-3H3,(H,19,23)(H,21,22). The molecule has 0 spiro atoms. The molecule has 1 heterocycles. The van der Waals surface area contributed by atoms with E-state index >= 15 is 0 Å². The monoisotopic (exact) mass is 346 g/mol. The number of aliphatic carboxylic acids is 1. The fraction of sp³-hybridized carbons (Fsp3) is 0.333. The third kappa shape index (κ3) is 4.76. The molecule has 0 bridgehead atoms. The Morgan fingerprint density at radius 3 is 2.48 bits per heavy atom. The molecule has 0 fully saturated rings. The predicted octanol–water partition coefficient (Wildman–Crippen LogP) is 2.74. The van der Waals surface area contributed by atoms with Crippen LogP contribution in [0.4, 0.5) is 4.79 Å². The molecule has 0 aliphatic rings. The number of rotatable bonds is 7. The zero-order chi connectivity index (χ0) is 18.4. The second kappa shape index (κ2) is 8.23. The van der Waals surface area contributed by atoms with Gasteiger partial charge in [-0.15, -0.1) is 0 Å². The summed E-state index contributed by atoms with van der Waals surface area (Å²) in [6.45, 7) is 1.66. The molecule has 0 radical (unpaired) electrons. The van der Waals surface area contributed by atoms with Crippen molar-refractivity contribution in [3.05, 3.63) is 54.0 Å². The summed E-state index contributed by atoms with van der Waals surface area (Å²) in [7, 11) is 3.14. The molecule has 1 aromatic heterocycles. The van der Waals surface area contributed by atoms with Crippen LogP contribution in [0.1, 0.15) is 24.3 Å². The van der Waals surface area contributed by atoms with E-state index in [0.29, 0.717) is 11.5 Å². The van der Waals surface area contributed by atoms with E-state index in [1.807, 2.05) is 12.1 Å². The van der Waals surface area contributed by atoms with Crippen LogP contribution in [0.2, 0.25) is 0 Å². The van der Waals surface area contributed by atoms with E-state index in [4.69, 9.17) is 14.3 Å². The van der Waals surface area contributed by atoms with Gasteiger partial charge in [-0.2, -0.15) is 0 Å². The fourth-order valence-corrected chi connectivity index (χ4v) is 2.38. The van der Waals surface area contributed by atoms with E-state index in [1.165, 1.54) is 11.2 Å². The SMILES string of the molecule is COc1ccc(C(NC(=O)N(C)CC(C)C(=O)O)c2ccco2)cc1. The van der Waals surface area contributed by atoms with Gasteiger partial charge in [0.2, 0.25) is 0 Å². The number of benzene rings is 1. The largest absolute Gasteiger partial charge is 0.497 e. The van der Waals surface area contributed by atoms with Crippen LogP contribution in [0.15, 0.2) is 47.1 Å². The molecule has 2 aromatic rings. The quantitative estimate of drug-likeness (QED) is 0.804. The van der Waals surface area contributed by atoms with Crippen molar-refractivity contribution in [3.8, 4) is 5.75 Å². The first-order valence-corrected chi connectivity index (χ1v) is 7.84. The maximum absolute atomic E-state index is 12.5. The van der Waals surface area contributed by atoms with Gasteiger partial charge in [0.1, 0.15) is 17.6 Å². The van der Waals surface area contributed by atoms with E-state index in [1.54, 1.807) is 45.3 Å². The second-order valence-electron chi connectivity index (χ2n) is 5.79. The van der Waals surface area contributed by atoms with Gasteiger partial charge in [0.25, 0.3) is 0 Å². The summed E-state index contributed by atoms with van der Waals surface area (Å²) in [6.07, 6.45) is 1.54. The zero-order valence-electron chi connectivity index (χ0n) is 14.4. The molecule has 0 aliphatic heterocycles. The van der Waals surface area contributed by atoms with E-state index in [2.05, 4.69) is 5.32 Å². The maximum Gasteiger partial charge on any atom is 0.318 e. The highest BCUT2D eigenvalue weighted by Crippen LogP contribution is 2.24. The number of methoxy groups -OCH3 is 1. The Bertz CT molecular complexity index is 697. The lowest BCUT2D eigenvalue weighted by atomic mass is 10.0. The topological polar surface area (TPSA) is 92.0 Å². The molecule has 7 heteroatoms. The second-order valence-corrected chi connectivity index (χ2v) is 5.79. The van der Waals surface area contributed by atoms with Crippen LogP contribution in [0, 0.1) is 5.92 Å². The Labute approximate surface area is 146 Å². The van der Waals surface area contributed by atoms with Crippen LogP contribution in [0.3, 0.4) is 0 Å². The lowest BCUT2D eigenvalue weighted by Crippen LogP contribution is -2.42. The van der Waals surface area contributed by atoms with Crippen LogP contribution in [-0.4, -0.2) is 42.7 Å². The minimum absolute atomic E-state index is 0.106. The maximum atomic E-state index is 12.5. The predicted molar refractivity (Wildman–Crippen MR) is 91.5 cm³/mol. The van der Waals surface area contributed by atoms with Crippen molar-refractivity contribution in [2.45, 2.75) is 13.0 Å². The number of carboxylic acid groups (broad SMARTS) is 1. The Morgan fingerprint density at radius 1 is 1.28 bits per heavy atom. The molecule has 2 rings (SSSR count). The molecule has 7 nitrogen and oxygen atoms in total. The van der Waals surface area contributed by atoms with Crippen molar-refractivity contribution in [2.24, 2.45) is 5.92 Å². The molecule has 1 aromatic carbocycles. The molecule has 134 valence electrons. The van der Waals surface area contributed by atoms with Gasteiger partial charge in [-0.25, -0.2) is 4.79 Å². The third-order valence-corrected chi connectivity index (χ3v) is 3.86. The zero-order valence-corrected chi connectivity index (χ0v) is 14.4. The number of furan rings is 1. The molecule has 25 heavy (non-hydrogen) atoms. The van der Waals surface area contributed by atoms with Crippen molar-refractivity contribution in [3.63, 3.8) is 0 Å². The van der Waals surface area contributed by atoms with Gasteiger partial charge in [0.05, 0.1) is 19.3 Å². The number of amides is 2. The minimum atomic E-state index is -0.947. The Hall–Kier alpha value is -2.96. The number of carboxylic acids is 1. The number of nitrogens with one attached hydrogen (secondary N) is 1. The van der Waals surface area contributed by atoms with Gasteiger partial charge in [0, 0.05) is 13.6 Å². The summed E-state index contributed by atoms with van der Waals surface area (Å²) in [4.78, 5) is 24.8. The van der Waals surface area contributed by atoms with E-state index in [-0.39, 0.29) is 12.6 Å². The smallest absolute Gasteiger partial charge is 0.318 e. The van der Waals surface area contributed by atoms with Crippen LogP contribution < -0.4 is 10.1 Å². The van der Waals surface area contributed by atoms with Gasteiger partial charge in [0.15, 0.2) is 0 Å². The van der Waals surface area contributed by atoms with E-state index in [0.717, 1.165) is 5.56 Å². The first-order chi connectivity index (χ1) is 11.9. The highest BCUT2D eigenvalue weighted by Gasteiger charge is 2.23. The number of carbonyl (C=O) groups is 2. The lowest BCUT2D eigenvalue weighted by molar-refractivity contribution is -0.141. The Morgan fingerprint density at radius 2 is 1.96 bits per heavy atom. The van der Waals surface area contributed by atoms with Crippen LogP contribution in [0.5, 0.6) is 5.75 Å². The molecular formula is C18H22N2O5. The number of hydrogen-bond acceptors (Lipinski definition) is 4. The molecule has 0 saturated heterocycles. The molecule has 2 unspecified atom stereocenters. The van der Waals surface area contributed by atoms with E-state index < -0.39 is 17.9 Å². The molecule has 2 N–H and O–H groups in total. The van der Waals surface area contributed by atoms with Crippen molar-refractivity contribution in [1.82, 2.24) is 10.2 Å². The molecule has 2 atom stereocenters. The number of carbonyl (C=O) groups excluding carboxylic acids is 1. The minimum Gasteiger partial charge on any atom is -0.497 e. The first kappa shape index (κ1) is 18.4. The number of nitrogens with zero attached hydrogens (tertiary/aromatic N) is 1. The first-order valence-electron chi connectivity index (χ1n) is 7.84. The van der Waals surface area contributed by atoms with Gasteiger partial charge < -0.3 is 24.5 Å². The van der Waals surface area contributed by atoms with E-state index in [9.17, 15) is 9.59 Å². The molecule has 2 amide bonds.